The number of unbranched alkanes of at least 4 members (excludes halogenated alkanes) is 5. The molecule has 3 nitrogen and oxygen atoms in total. The fraction of sp³-hybridized carbons (Fsp3) is 0.609. The topological polar surface area (TPSA) is 53.4 Å². The molecule has 0 aliphatic carbocycles. The third kappa shape index (κ3) is 11.2. The Morgan fingerprint density at radius 1 is 1.00 bits per heavy atom. The van der Waals surface area contributed by atoms with Crippen molar-refractivity contribution in [3.05, 3.63) is 47.8 Å². The molecule has 1 heterocycles. The highest BCUT2D eigenvalue weighted by atomic mass is 16.3. The summed E-state index contributed by atoms with van der Waals surface area (Å²) in [7, 11) is 0. The second-order valence-electron chi connectivity index (χ2n) is 7.04. The van der Waals surface area contributed by atoms with E-state index in [1.165, 1.54) is 25.7 Å². The largest absolute Gasteiger partial charge is 0.393 e. The van der Waals surface area contributed by atoms with E-state index in [2.05, 4.69) is 31.0 Å². The molecule has 2 atom stereocenters. The van der Waals surface area contributed by atoms with Crippen LogP contribution in [0.5, 0.6) is 0 Å². The van der Waals surface area contributed by atoms with Crippen molar-refractivity contribution >= 4 is 6.08 Å². The van der Waals surface area contributed by atoms with Crippen LogP contribution in [0.4, 0.5) is 0 Å². The second kappa shape index (κ2) is 14.7. The van der Waals surface area contributed by atoms with Crippen LogP contribution in [0.15, 0.2) is 36.4 Å². The van der Waals surface area contributed by atoms with Gasteiger partial charge in [-0.15, -0.1) is 0 Å². The van der Waals surface area contributed by atoms with Gasteiger partial charge in [-0.25, -0.2) is 0 Å². The standard InChI is InChI=1S/C23H37NO2/c1-3-5-7-8-9-11-15-22(25)18-17-20-13-12-14-21(24-20)19-23(26)16-10-6-4-2/h9,11-14,17-18,22-23,25-26H,3-8,10,15-16,19H2,1-2H3. The van der Waals surface area contributed by atoms with Gasteiger partial charge < -0.3 is 10.2 Å². The highest BCUT2D eigenvalue weighted by Gasteiger charge is 2.06. The summed E-state index contributed by atoms with van der Waals surface area (Å²) in [6.45, 7) is 4.37. The summed E-state index contributed by atoms with van der Waals surface area (Å²) in [6.07, 6.45) is 17.3. The maximum Gasteiger partial charge on any atom is 0.0759 e. The van der Waals surface area contributed by atoms with Crippen LogP contribution in [0.2, 0.25) is 0 Å². The number of allylic oxidation sites excluding steroid dienone is 1. The predicted molar refractivity (Wildman–Crippen MR) is 111 cm³/mol. The summed E-state index contributed by atoms with van der Waals surface area (Å²) in [4.78, 5) is 4.57. The summed E-state index contributed by atoms with van der Waals surface area (Å²) >= 11 is 0. The summed E-state index contributed by atoms with van der Waals surface area (Å²) < 4.78 is 0. The number of rotatable bonds is 14. The molecular weight excluding hydrogens is 322 g/mol. The predicted octanol–water partition coefficient (Wildman–Crippen LogP) is 5.47. The van der Waals surface area contributed by atoms with Crippen molar-refractivity contribution in [2.75, 3.05) is 0 Å². The zero-order valence-corrected chi connectivity index (χ0v) is 16.6. The Kier molecular flexibility index (Phi) is 12.8. The molecule has 2 unspecified atom stereocenters. The van der Waals surface area contributed by atoms with E-state index in [1.807, 2.05) is 24.3 Å². The van der Waals surface area contributed by atoms with Gasteiger partial charge in [-0.1, -0.05) is 70.2 Å². The van der Waals surface area contributed by atoms with E-state index >= 15 is 0 Å². The Labute approximate surface area is 159 Å². The van der Waals surface area contributed by atoms with E-state index in [0.717, 1.165) is 37.1 Å². The first-order chi connectivity index (χ1) is 12.7. The molecule has 2 N–H and O–H groups in total. The fourth-order valence-electron chi connectivity index (χ4n) is 2.83. The van der Waals surface area contributed by atoms with E-state index in [-0.39, 0.29) is 6.10 Å². The summed E-state index contributed by atoms with van der Waals surface area (Å²) in [5.41, 5.74) is 1.73. The fourth-order valence-corrected chi connectivity index (χ4v) is 2.83. The highest BCUT2D eigenvalue weighted by molar-refractivity contribution is 5.45. The molecule has 0 amide bonds. The average molecular weight is 360 g/mol. The van der Waals surface area contributed by atoms with Gasteiger partial charge in [-0.3, -0.25) is 4.98 Å². The number of pyridine rings is 1. The molecule has 0 aromatic carbocycles. The van der Waals surface area contributed by atoms with Gasteiger partial charge in [-0.2, -0.15) is 0 Å². The molecule has 1 aromatic rings. The lowest BCUT2D eigenvalue weighted by Crippen LogP contribution is -2.11. The normalized spacial score (nSPS) is 14.3. The Morgan fingerprint density at radius 2 is 1.77 bits per heavy atom. The molecule has 3 heteroatoms. The maximum absolute atomic E-state index is 10.1. The van der Waals surface area contributed by atoms with Crippen LogP contribution in [-0.2, 0) is 6.42 Å². The van der Waals surface area contributed by atoms with Gasteiger partial charge in [0.05, 0.1) is 17.9 Å². The first-order valence-corrected chi connectivity index (χ1v) is 10.3. The zero-order valence-electron chi connectivity index (χ0n) is 16.6. The third-order valence-electron chi connectivity index (χ3n) is 4.42. The van der Waals surface area contributed by atoms with Crippen LogP contribution < -0.4 is 0 Å². The molecule has 1 rings (SSSR count). The smallest absolute Gasteiger partial charge is 0.0759 e. The molecule has 0 radical (unpaired) electrons. The highest BCUT2D eigenvalue weighted by Crippen LogP contribution is 2.10. The number of aromatic nitrogens is 1. The van der Waals surface area contributed by atoms with Crippen molar-refractivity contribution in [2.45, 2.75) is 90.3 Å². The summed E-state index contributed by atoms with van der Waals surface area (Å²) in [5, 5.41) is 20.1. The molecular formula is C23H37NO2. The van der Waals surface area contributed by atoms with Crippen molar-refractivity contribution in [2.24, 2.45) is 0 Å². The number of nitrogens with zero attached hydrogens (tertiary/aromatic N) is 1. The Bertz CT molecular complexity index is 525. The van der Waals surface area contributed by atoms with Crippen LogP contribution in [0, 0.1) is 0 Å². The number of aliphatic hydroxyl groups is 2. The van der Waals surface area contributed by atoms with Crippen LogP contribution in [-0.4, -0.2) is 27.4 Å². The van der Waals surface area contributed by atoms with Crippen molar-refractivity contribution in [1.82, 2.24) is 4.98 Å². The monoisotopic (exact) mass is 359 g/mol. The van der Waals surface area contributed by atoms with Crippen molar-refractivity contribution in [3.8, 4) is 0 Å². The van der Waals surface area contributed by atoms with Crippen LogP contribution >= 0.6 is 0 Å². The van der Waals surface area contributed by atoms with E-state index < -0.39 is 6.10 Å². The van der Waals surface area contributed by atoms with E-state index in [4.69, 9.17) is 0 Å². The Morgan fingerprint density at radius 3 is 2.54 bits per heavy atom. The maximum atomic E-state index is 10.1. The number of hydrogen-bond donors (Lipinski definition) is 2. The Balaban J connectivity index is 2.40. The third-order valence-corrected chi connectivity index (χ3v) is 4.42. The van der Waals surface area contributed by atoms with Gasteiger partial charge in [0.15, 0.2) is 0 Å². The van der Waals surface area contributed by atoms with Crippen LogP contribution in [0.1, 0.15) is 83.0 Å². The minimum atomic E-state index is -0.484. The number of aliphatic hydroxyl groups excluding tert-OH is 2. The molecule has 26 heavy (non-hydrogen) atoms. The van der Waals surface area contributed by atoms with Crippen molar-refractivity contribution in [1.29, 1.82) is 0 Å². The van der Waals surface area contributed by atoms with Crippen molar-refractivity contribution < 1.29 is 10.2 Å². The van der Waals surface area contributed by atoms with Gasteiger partial charge in [-0.05, 0) is 43.9 Å². The molecule has 0 aliphatic rings. The lowest BCUT2D eigenvalue weighted by molar-refractivity contribution is 0.160. The van der Waals surface area contributed by atoms with Gasteiger partial charge >= 0.3 is 0 Å². The van der Waals surface area contributed by atoms with E-state index in [0.29, 0.717) is 12.8 Å². The van der Waals surface area contributed by atoms with Gasteiger partial charge in [0, 0.05) is 12.1 Å². The molecule has 0 saturated heterocycles. The first-order valence-electron chi connectivity index (χ1n) is 10.3. The minimum absolute atomic E-state index is 0.322. The molecule has 0 fully saturated rings. The molecule has 0 saturated carbocycles. The number of hydrogen-bond acceptors (Lipinski definition) is 3. The lowest BCUT2D eigenvalue weighted by Gasteiger charge is -2.10. The zero-order chi connectivity index (χ0) is 19.0. The summed E-state index contributed by atoms with van der Waals surface area (Å²) in [6, 6.07) is 5.84. The van der Waals surface area contributed by atoms with Crippen molar-refractivity contribution in [3.63, 3.8) is 0 Å². The van der Waals surface area contributed by atoms with Gasteiger partial charge in [0.1, 0.15) is 0 Å². The molecule has 0 bridgehead atoms. The van der Waals surface area contributed by atoms with Gasteiger partial charge in [0.2, 0.25) is 0 Å². The quantitative estimate of drug-likeness (QED) is 0.342. The van der Waals surface area contributed by atoms with Gasteiger partial charge in [0.25, 0.3) is 0 Å². The molecule has 0 aliphatic heterocycles. The van der Waals surface area contributed by atoms with Crippen LogP contribution in [0.3, 0.4) is 0 Å². The lowest BCUT2D eigenvalue weighted by atomic mass is 10.1. The van der Waals surface area contributed by atoms with E-state index in [9.17, 15) is 10.2 Å². The Hall–Kier alpha value is -1.45. The summed E-state index contributed by atoms with van der Waals surface area (Å²) in [5.74, 6) is 0. The molecule has 0 spiro atoms. The van der Waals surface area contributed by atoms with Crippen LogP contribution in [0.25, 0.3) is 6.08 Å². The molecule has 146 valence electrons. The molecule has 1 aromatic heterocycles. The average Bonchev–Trinajstić information content (AvgIpc) is 2.63. The second-order valence-corrected chi connectivity index (χ2v) is 7.04. The van der Waals surface area contributed by atoms with E-state index in [1.54, 1.807) is 6.08 Å². The SMILES string of the molecule is CCCCCC=CCC(O)C=Cc1cccc(CC(O)CCCCC)n1. The first kappa shape index (κ1) is 22.6. The minimum Gasteiger partial charge on any atom is -0.393 e.